The Hall–Kier alpha value is -2.10. The molecular formula is C16H18F3N3O3S. The average Bonchev–Trinajstić information content (AvgIpc) is 2.94. The topological polar surface area (TPSA) is 80.5 Å². The lowest BCUT2D eigenvalue weighted by atomic mass is 9.84. The highest BCUT2D eigenvalue weighted by Gasteiger charge is 2.46. The third-order valence-electron chi connectivity index (χ3n) is 4.57. The van der Waals surface area contributed by atoms with Crippen LogP contribution in [0.2, 0.25) is 0 Å². The van der Waals surface area contributed by atoms with Crippen molar-refractivity contribution in [2.75, 3.05) is 6.26 Å². The van der Waals surface area contributed by atoms with Crippen LogP contribution in [0.15, 0.2) is 29.6 Å². The minimum atomic E-state index is -4.40. The van der Waals surface area contributed by atoms with Gasteiger partial charge in [-0.2, -0.15) is 13.2 Å². The van der Waals surface area contributed by atoms with E-state index in [1.807, 2.05) is 0 Å². The lowest BCUT2D eigenvalue weighted by molar-refractivity contribution is -0.187. The van der Waals surface area contributed by atoms with Crippen molar-refractivity contribution in [3.05, 3.63) is 30.1 Å². The van der Waals surface area contributed by atoms with Crippen molar-refractivity contribution in [3.8, 4) is 0 Å². The Kier molecular flexibility index (Phi) is 4.72. The van der Waals surface area contributed by atoms with E-state index >= 15 is 0 Å². The maximum atomic E-state index is 13.2. The van der Waals surface area contributed by atoms with Gasteiger partial charge in [0.1, 0.15) is 0 Å². The van der Waals surface area contributed by atoms with Gasteiger partial charge in [0.25, 0.3) is 5.91 Å². The number of sulfone groups is 1. The summed E-state index contributed by atoms with van der Waals surface area (Å²) in [7, 11) is -3.72. The molecule has 0 aromatic carbocycles. The first-order chi connectivity index (χ1) is 12.1. The summed E-state index contributed by atoms with van der Waals surface area (Å²) in [6.45, 7) is 0. The van der Waals surface area contributed by atoms with E-state index in [1.54, 1.807) is 12.1 Å². The number of fused-ring (bicyclic) bond motifs is 1. The fourth-order valence-electron chi connectivity index (χ4n) is 3.37. The van der Waals surface area contributed by atoms with Gasteiger partial charge in [0.2, 0.25) is 15.0 Å². The number of carbonyl (C=O) groups is 1. The first-order valence-corrected chi connectivity index (χ1v) is 10.0. The molecule has 1 amide bonds. The maximum Gasteiger partial charge on any atom is 0.393 e. The van der Waals surface area contributed by atoms with Gasteiger partial charge < -0.3 is 5.32 Å². The summed E-state index contributed by atoms with van der Waals surface area (Å²) in [6.07, 6.45) is -0.760. The van der Waals surface area contributed by atoms with Gasteiger partial charge in [0.05, 0.1) is 11.4 Å². The Bertz CT molecular complexity index is 937. The van der Waals surface area contributed by atoms with Crippen LogP contribution in [0.3, 0.4) is 0 Å². The molecule has 2 unspecified atom stereocenters. The predicted molar refractivity (Wildman–Crippen MR) is 87.6 cm³/mol. The molecule has 1 fully saturated rings. The highest BCUT2D eigenvalue weighted by molar-refractivity contribution is 7.90. The molecule has 142 valence electrons. The van der Waals surface area contributed by atoms with Crippen molar-refractivity contribution in [2.24, 2.45) is 5.92 Å². The molecule has 2 heterocycles. The summed E-state index contributed by atoms with van der Waals surface area (Å²) in [4.78, 5) is 16.5. The van der Waals surface area contributed by atoms with Crippen LogP contribution in [0.4, 0.5) is 13.2 Å². The van der Waals surface area contributed by atoms with E-state index in [1.165, 1.54) is 16.7 Å². The molecule has 1 saturated carbocycles. The van der Waals surface area contributed by atoms with Crippen LogP contribution in [0.1, 0.15) is 36.2 Å². The Labute approximate surface area is 148 Å². The number of nitrogens with one attached hydrogen (secondary N) is 1. The van der Waals surface area contributed by atoms with Crippen molar-refractivity contribution >= 4 is 21.3 Å². The quantitative estimate of drug-likeness (QED) is 0.875. The van der Waals surface area contributed by atoms with Gasteiger partial charge in [0, 0.05) is 18.5 Å². The van der Waals surface area contributed by atoms with Crippen molar-refractivity contribution in [3.63, 3.8) is 0 Å². The zero-order valence-corrected chi connectivity index (χ0v) is 14.8. The van der Waals surface area contributed by atoms with Gasteiger partial charge >= 0.3 is 6.18 Å². The van der Waals surface area contributed by atoms with Crippen LogP contribution >= 0.6 is 0 Å². The Morgan fingerprint density at radius 1 is 1.27 bits per heavy atom. The van der Waals surface area contributed by atoms with Crippen molar-refractivity contribution < 1.29 is 26.4 Å². The molecule has 0 saturated heterocycles. The summed E-state index contributed by atoms with van der Waals surface area (Å²) < 4.78 is 64.6. The lowest BCUT2D eigenvalue weighted by Crippen LogP contribution is -2.47. The largest absolute Gasteiger partial charge is 0.393 e. The molecule has 1 aliphatic carbocycles. The molecule has 1 aliphatic rings. The number of hydrogen-bond acceptors (Lipinski definition) is 4. The normalized spacial score (nSPS) is 21.7. The highest BCUT2D eigenvalue weighted by Crippen LogP contribution is 2.37. The fourth-order valence-corrected chi connectivity index (χ4v) is 4.14. The van der Waals surface area contributed by atoms with Gasteiger partial charge in [-0.3, -0.25) is 9.20 Å². The molecule has 3 rings (SSSR count). The lowest BCUT2D eigenvalue weighted by Gasteiger charge is -2.33. The highest BCUT2D eigenvalue weighted by atomic mass is 32.2. The van der Waals surface area contributed by atoms with Gasteiger partial charge in [-0.15, -0.1) is 0 Å². The molecule has 10 heteroatoms. The summed E-state index contributed by atoms with van der Waals surface area (Å²) >= 11 is 0. The van der Waals surface area contributed by atoms with E-state index in [2.05, 4.69) is 10.3 Å². The third kappa shape index (κ3) is 3.55. The number of carbonyl (C=O) groups excluding carboxylic acids is 1. The second-order valence-electron chi connectivity index (χ2n) is 6.48. The Morgan fingerprint density at radius 2 is 1.96 bits per heavy atom. The van der Waals surface area contributed by atoms with E-state index < -0.39 is 33.9 Å². The number of rotatable bonds is 3. The van der Waals surface area contributed by atoms with E-state index in [0.29, 0.717) is 12.8 Å². The number of alkyl halides is 3. The number of pyridine rings is 1. The predicted octanol–water partition coefficient (Wildman–Crippen LogP) is 2.59. The number of halogens is 3. The van der Waals surface area contributed by atoms with Crippen LogP contribution in [0.25, 0.3) is 5.52 Å². The zero-order valence-electron chi connectivity index (χ0n) is 14.0. The van der Waals surface area contributed by atoms with Crippen LogP contribution in [-0.4, -0.2) is 42.2 Å². The first-order valence-electron chi connectivity index (χ1n) is 8.14. The van der Waals surface area contributed by atoms with Crippen LogP contribution in [-0.2, 0) is 9.84 Å². The number of imidazole rings is 1. The molecule has 6 nitrogen and oxygen atoms in total. The van der Waals surface area contributed by atoms with E-state index in [0.717, 1.165) is 6.26 Å². The first kappa shape index (κ1) is 18.7. The van der Waals surface area contributed by atoms with Gasteiger partial charge in [0.15, 0.2) is 5.69 Å². The SMILES string of the molecule is CS(=O)(=O)c1nc(C(=O)NC2CCCCC2C(F)(F)F)c2ccccn12. The van der Waals surface area contributed by atoms with Crippen molar-refractivity contribution in [1.29, 1.82) is 0 Å². The summed E-state index contributed by atoms with van der Waals surface area (Å²) in [5.41, 5.74) is 0.0299. The molecule has 0 spiro atoms. The number of amides is 1. The van der Waals surface area contributed by atoms with E-state index in [9.17, 15) is 26.4 Å². The molecule has 2 atom stereocenters. The molecule has 0 radical (unpaired) electrons. The molecule has 26 heavy (non-hydrogen) atoms. The molecule has 0 aliphatic heterocycles. The monoisotopic (exact) mass is 389 g/mol. The van der Waals surface area contributed by atoms with Gasteiger partial charge in [-0.05, 0) is 25.0 Å². The summed E-state index contributed by atoms with van der Waals surface area (Å²) in [6, 6.07) is 3.63. The van der Waals surface area contributed by atoms with Crippen molar-refractivity contribution in [1.82, 2.24) is 14.7 Å². The maximum absolute atomic E-state index is 13.2. The minimum absolute atomic E-state index is 0.0347. The third-order valence-corrected chi connectivity index (χ3v) is 5.52. The Balaban J connectivity index is 1.96. The summed E-state index contributed by atoms with van der Waals surface area (Å²) in [5.74, 6) is -2.41. The standard InChI is InChI=1S/C16H18F3N3O3S/c1-26(24,25)15-21-13(12-8-4-5-9-22(12)15)14(23)20-11-7-3-2-6-10(11)16(17,18)19/h4-5,8-11H,2-3,6-7H2,1H3,(H,20,23). The van der Waals surface area contributed by atoms with Gasteiger partial charge in [-0.25, -0.2) is 13.4 Å². The molecule has 0 bridgehead atoms. The van der Waals surface area contributed by atoms with Gasteiger partial charge in [-0.1, -0.05) is 18.9 Å². The second-order valence-corrected chi connectivity index (χ2v) is 8.39. The Morgan fingerprint density at radius 3 is 2.62 bits per heavy atom. The average molecular weight is 389 g/mol. The van der Waals surface area contributed by atoms with Crippen LogP contribution < -0.4 is 5.32 Å². The minimum Gasteiger partial charge on any atom is -0.347 e. The zero-order chi connectivity index (χ0) is 19.1. The van der Waals surface area contributed by atoms with E-state index in [4.69, 9.17) is 0 Å². The fraction of sp³-hybridized carbons (Fsp3) is 0.500. The molecular weight excluding hydrogens is 371 g/mol. The molecule has 2 aromatic heterocycles. The number of hydrogen-bond donors (Lipinski definition) is 1. The number of aromatic nitrogens is 2. The summed E-state index contributed by atoms with van der Waals surface area (Å²) in [5, 5.41) is 2.09. The van der Waals surface area contributed by atoms with Crippen LogP contribution in [0.5, 0.6) is 0 Å². The smallest absolute Gasteiger partial charge is 0.347 e. The van der Waals surface area contributed by atoms with Crippen molar-refractivity contribution in [2.45, 2.75) is 43.1 Å². The van der Waals surface area contributed by atoms with E-state index in [-0.39, 0.29) is 29.2 Å². The number of nitrogens with zero attached hydrogens (tertiary/aromatic N) is 2. The molecule has 2 aromatic rings. The van der Waals surface area contributed by atoms with Crippen LogP contribution in [0, 0.1) is 5.92 Å². The molecule has 1 N–H and O–H groups in total. The second kappa shape index (κ2) is 6.57.